The van der Waals surface area contributed by atoms with Gasteiger partial charge in [0.15, 0.2) is 0 Å². The number of urea groups is 1. The van der Waals surface area contributed by atoms with Crippen LogP contribution in [0.15, 0.2) is 54.6 Å². The summed E-state index contributed by atoms with van der Waals surface area (Å²) in [5.74, 6) is 0.218. The fourth-order valence-electron chi connectivity index (χ4n) is 4.36. The number of benzene rings is 3. The number of nitrogens with zero attached hydrogens (tertiary/aromatic N) is 3. The van der Waals surface area contributed by atoms with E-state index in [1.165, 1.54) is 16.5 Å². The van der Waals surface area contributed by atoms with Gasteiger partial charge in [-0.2, -0.15) is 0 Å². The zero-order chi connectivity index (χ0) is 26.9. The highest BCUT2D eigenvalue weighted by Gasteiger charge is 2.51. The lowest BCUT2D eigenvalue weighted by Gasteiger charge is -2.27. The predicted molar refractivity (Wildman–Crippen MR) is 148 cm³/mol. The number of hydrogen-bond acceptors (Lipinski definition) is 3. The van der Waals surface area contributed by atoms with Gasteiger partial charge in [-0.3, -0.25) is 4.79 Å². The first-order chi connectivity index (χ1) is 17.6. The van der Waals surface area contributed by atoms with Crippen LogP contribution in [-0.2, 0) is 4.79 Å². The molecule has 1 heterocycles. The summed E-state index contributed by atoms with van der Waals surface area (Å²) >= 11 is 12.8. The summed E-state index contributed by atoms with van der Waals surface area (Å²) < 4.78 is 5.89. The number of halogens is 2. The third kappa shape index (κ3) is 5.02. The van der Waals surface area contributed by atoms with E-state index in [1.807, 2.05) is 25.1 Å². The zero-order valence-electron chi connectivity index (χ0n) is 21.1. The van der Waals surface area contributed by atoms with E-state index in [9.17, 15) is 9.59 Å². The number of aryl methyl sites for hydroxylation is 1. The minimum Gasteiger partial charge on any atom is -0.492 e. The van der Waals surface area contributed by atoms with Gasteiger partial charge in [0.1, 0.15) is 11.3 Å². The standard InChI is InChI=1S/C29H27Cl2N3O3/c1-18-7-9-20(10-8-18)21-11-14-25(22(30)17-21)37-16-6-15-33-28(36)34(27(35)29(33,3)4)24-13-12-23(32-5)26(31)19(24)2/h7-14,17H,6,15-16H2,1-4H3. The molecule has 6 nitrogen and oxygen atoms in total. The van der Waals surface area contributed by atoms with E-state index in [1.54, 1.807) is 26.8 Å². The monoisotopic (exact) mass is 535 g/mol. The van der Waals surface area contributed by atoms with Crippen molar-refractivity contribution in [2.24, 2.45) is 0 Å². The molecule has 3 aromatic carbocycles. The average Bonchev–Trinajstić information content (AvgIpc) is 3.03. The predicted octanol–water partition coefficient (Wildman–Crippen LogP) is 7.84. The topological polar surface area (TPSA) is 54.2 Å². The summed E-state index contributed by atoms with van der Waals surface area (Å²) in [4.78, 5) is 32.6. The Morgan fingerprint density at radius 2 is 1.65 bits per heavy atom. The largest absolute Gasteiger partial charge is 0.492 e. The van der Waals surface area contributed by atoms with E-state index in [2.05, 4.69) is 29.1 Å². The molecule has 0 bridgehead atoms. The molecule has 8 heteroatoms. The Morgan fingerprint density at radius 1 is 0.973 bits per heavy atom. The number of carbonyl (C=O) groups is 2. The minimum absolute atomic E-state index is 0.239. The summed E-state index contributed by atoms with van der Waals surface area (Å²) in [7, 11) is 0. The molecule has 1 saturated heterocycles. The third-order valence-electron chi connectivity index (χ3n) is 6.62. The molecular weight excluding hydrogens is 509 g/mol. The summed E-state index contributed by atoms with van der Waals surface area (Å²) in [6.45, 7) is 15.1. The lowest BCUT2D eigenvalue weighted by Crippen LogP contribution is -2.44. The fourth-order valence-corrected chi connectivity index (χ4v) is 4.80. The first-order valence-electron chi connectivity index (χ1n) is 11.9. The summed E-state index contributed by atoms with van der Waals surface area (Å²) in [5, 5.41) is 0.746. The molecule has 0 aliphatic carbocycles. The van der Waals surface area contributed by atoms with E-state index in [0.717, 1.165) is 16.0 Å². The van der Waals surface area contributed by atoms with Crippen LogP contribution in [0.5, 0.6) is 5.75 Å². The number of anilines is 1. The van der Waals surface area contributed by atoms with Gasteiger partial charge in [-0.25, -0.2) is 14.5 Å². The smallest absolute Gasteiger partial charge is 0.332 e. The molecule has 1 aliphatic rings. The molecule has 37 heavy (non-hydrogen) atoms. The van der Waals surface area contributed by atoms with Crippen LogP contribution >= 0.6 is 23.2 Å². The molecule has 0 unspecified atom stereocenters. The van der Waals surface area contributed by atoms with Crippen LogP contribution in [0.25, 0.3) is 16.0 Å². The normalized spacial score (nSPS) is 14.7. The van der Waals surface area contributed by atoms with Crippen molar-refractivity contribution in [2.75, 3.05) is 18.1 Å². The summed E-state index contributed by atoms with van der Waals surface area (Å²) in [6, 6.07) is 16.6. The number of carbonyl (C=O) groups excluding carboxylic acids is 2. The number of hydrogen-bond donors (Lipinski definition) is 0. The lowest BCUT2D eigenvalue weighted by atomic mass is 10.0. The number of ether oxygens (including phenoxy) is 1. The van der Waals surface area contributed by atoms with Gasteiger partial charge < -0.3 is 9.64 Å². The molecule has 0 spiro atoms. The van der Waals surface area contributed by atoms with Gasteiger partial charge in [0, 0.05) is 6.54 Å². The Hall–Kier alpha value is -3.53. The SMILES string of the molecule is [C-]#[N+]c1ccc(N2C(=O)N(CCCOc3ccc(-c4ccc(C)cc4)cc3Cl)C(C)(C)C2=O)c(C)c1Cl. The van der Waals surface area contributed by atoms with Gasteiger partial charge in [-0.1, -0.05) is 65.2 Å². The molecule has 190 valence electrons. The first kappa shape index (κ1) is 26.5. The number of imide groups is 1. The molecule has 0 atom stereocenters. The fraction of sp³-hybridized carbons (Fsp3) is 0.276. The highest BCUT2D eigenvalue weighted by atomic mass is 35.5. The lowest BCUT2D eigenvalue weighted by molar-refractivity contribution is -0.123. The van der Waals surface area contributed by atoms with Crippen LogP contribution in [0.2, 0.25) is 10.0 Å². The second-order valence-electron chi connectivity index (χ2n) is 9.50. The molecule has 1 aliphatic heterocycles. The maximum Gasteiger partial charge on any atom is 0.332 e. The summed E-state index contributed by atoms with van der Waals surface area (Å²) in [6.07, 6.45) is 0.503. The Labute approximate surface area is 227 Å². The van der Waals surface area contributed by atoms with Crippen molar-refractivity contribution in [3.8, 4) is 16.9 Å². The van der Waals surface area contributed by atoms with Crippen molar-refractivity contribution < 1.29 is 14.3 Å². The highest BCUT2D eigenvalue weighted by Crippen LogP contribution is 2.39. The van der Waals surface area contributed by atoms with Gasteiger partial charge in [0.05, 0.1) is 28.9 Å². The van der Waals surface area contributed by atoms with Crippen LogP contribution in [0.4, 0.5) is 16.2 Å². The van der Waals surface area contributed by atoms with Gasteiger partial charge in [-0.15, -0.1) is 0 Å². The van der Waals surface area contributed by atoms with Crippen LogP contribution in [-0.4, -0.2) is 35.5 Å². The molecule has 0 saturated carbocycles. The highest BCUT2D eigenvalue weighted by molar-refractivity contribution is 6.35. The van der Waals surface area contributed by atoms with Crippen molar-refractivity contribution >= 4 is 46.5 Å². The van der Waals surface area contributed by atoms with Crippen molar-refractivity contribution in [1.29, 1.82) is 0 Å². The molecule has 1 fully saturated rings. The Bertz CT molecular complexity index is 1410. The van der Waals surface area contributed by atoms with Crippen molar-refractivity contribution in [3.05, 3.63) is 87.2 Å². The average molecular weight is 536 g/mol. The molecule has 0 radical (unpaired) electrons. The number of amides is 3. The van der Waals surface area contributed by atoms with Crippen LogP contribution in [0, 0.1) is 20.4 Å². The van der Waals surface area contributed by atoms with E-state index in [0.29, 0.717) is 41.6 Å². The van der Waals surface area contributed by atoms with Gasteiger partial charge in [0.25, 0.3) is 5.91 Å². The van der Waals surface area contributed by atoms with Crippen LogP contribution in [0.1, 0.15) is 31.4 Å². The van der Waals surface area contributed by atoms with Crippen molar-refractivity contribution in [3.63, 3.8) is 0 Å². The quantitative estimate of drug-likeness (QED) is 0.176. The van der Waals surface area contributed by atoms with E-state index >= 15 is 0 Å². The zero-order valence-corrected chi connectivity index (χ0v) is 22.7. The van der Waals surface area contributed by atoms with Crippen molar-refractivity contribution in [1.82, 2.24) is 4.90 Å². The Morgan fingerprint density at radius 3 is 2.30 bits per heavy atom. The van der Waals surface area contributed by atoms with E-state index < -0.39 is 11.6 Å². The molecule has 0 N–H and O–H groups in total. The Kier molecular flexibility index (Phi) is 7.49. The molecule has 4 rings (SSSR count). The van der Waals surface area contributed by atoms with Gasteiger partial charge in [-0.05, 0) is 69.0 Å². The number of rotatable bonds is 7. The molecule has 0 aromatic heterocycles. The third-order valence-corrected chi connectivity index (χ3v) is 7.40. The first-order valence-corrected chi connectivity index (χ1v) is 12.6. The molecule has 3 amide bonds. The minimum atomic E-state index is -1.04. The van der Waals surface area contributed by atoms with Crippen LogP contribution < -0.4 is 9.64 Å². The van der Waals surface area contributed by atoms with Crippen molar-refractivity contribution in [2.45, 2.75) is 39.7 Å². The molecular formula is C29H27Cl2N3O3. The maximum absolute atomic E-state index is 13.3. The summed E-state index contributed by atoms with van der Waals surface area (Å²) in [5.41, 5.74) is 3.41. The van der Waals surface area contributed by atoms with Crippen LogP contribution in [0.3, 0.4) is 0 Å². The second-order valence-corrected chi connectivity index (χ2v) is 10.3. The van der Waals surface area contributed by atoms with Gasteiger partial charge in [0.2, 0.25) is 5.69 Å². The maximum atomic E-state index is 13.3. The van der Waals surface area contributed by atoms with E-state index in [4.69, 9.17) is 34.5 Å². The van der Waals surface area contributed by atoms with E-state index in [-0.39, 0.29) is 16.6 Å². The Balaban J connectivity index is 1.42. The molecule has 3 aromatic rings. The second kappa shape index (κ2) is 10.5. The van der Waals surface area contributed by atoms with Gasteiger partial charge >= 0.3 is 6.03 Å².